The summed E-state index contributed by atoms with van der Waals surface area (Å²) in [5.74, 6) is 0. The molecule has 1 saturated carbocycles. The monoisotopic (exact) mass is 279 g/mol. The normalized spacial score (nSPS) is 30.9. The maximum absolute atomic E-state index is 5.89. The fourth-order valence-corrected chi connectivity index (χ4v) is 4.15. The second-order valence-electron chi connectivity index (χ2n) is 6.18. The van der Waals surface area contributed by atoms with E-state index in [-0.39, 0.29) is 0 Å². The van der Waals surface area contributed by atoms with Gasteiger partial charge in [0.25, 0.3) is 0 Å². The van der Waals surface area contributed by atoms with Crippen molar-refractivity contribution >= 4 is 11.3 Å². The van der Waals surface area contributed by atoms with Crippen LogP contribution in [0.2, 0.25) is 0 Å². The molecule has 106 valence electrons. The highest BCUT2D eigenvalue weighted by molar-refractivity contribution is 7.11. The summed E-state index contributed by atoms with van der Waals surface area (Å²) in [7, 11) is 0. The predicted molar refractivity (Wildman–Crippen MR) is 80.9 cm³/mol. The van der Waals surface area contributed by atoms with E-state index in [4.69, 9.17) is 4.74 Å². The highest BCUT2D eigenvalue weighted by Crippen LogP contribution is 2.40. The quantitative estimate of drug-likeness (QED) is 0.862. The molecule has 2 fully saturated rings. The summed E-state index contributed by atoms with van der Waals surface area (Å²) in [5, 5.41) is 3.74. The number of rotatable bonds is 6. The van der Waals surface area contributed by atoms with Crippen LogP contribution in [0.4, 0.5) is 0 Å². The molecule has 0 bridgehead atoms. The van der Waals surface area contributed by atoms with Gasteiger partial charge in [-0.3, -0.25) is 0 Å². The van der Waals surface area contributed by atoms with Crippen molar-refractivity contribution in [1.29, 1.82) is 0 Å². The molecular formula is C16H25NOS. The standard InChI is InChI=1S/C16H25NOS/c1-3-14-6-7-15(19-14)10-16(8-9-18-12(16)2)11-17-13-4-5-13/h6-7,12-13,17H,3-5,8-11H2,1-2H3. The molecule has 2 atom stereocenters. The zero-order valence-corrected chi connectivity index (χ0v) is 12.9. The van der Waals surface area contributed by atoms with Crippen LogP contribution in [0.25, 0.3) is 0 Å². The molecular weight excluding hydrogens is 254 g/mol. The van der Waals surface area contributed by atoms with Crippen molar-refractivity contribution in [3.63, 3.8) is 0 Å². The van der Waals surface area contributed by atoms with E-state index >= 15 is 0 Å². The Balaban J connectivity index is 1.70. The van der Waals surface area contributed by atoms with Gasteiger partial charge < -0.3 is 10.1 Å². The van der Waals surface area contributed by atoms with E-state index in [2.05, 4.69) is 31.3 Å². The fraction of sp³-hybridized carbons (Fsp3) is 0.750. The SMILES string of the molecule is CCc1ccc(CC2(CNC3CC3)CCOC2C)s1. The first kappa shape index (κ1) is 13.6. The maximum Gasteiger partial charge on any atom is 0.0619 e. The second-order valence-corrected chi connectivity index (χ2v) is 7.43. The average molecular weight is 279 g/mol. The number of ether oxygens (including phenoxy) is 1. The molecule has 2 aliphatic rings. The van der Waals surface area contributed by atoms with Crippen molar-refractivity contribution in [1.82, 2.24) is 5.32 Å². The smallest absolute Gasteiger partial charge is 0.0619 e. The molecule has 0 aromatic carbocycles. The van der Waals surface area contributed by atoms with E-state index in [9.17, 15) is 0 Å². The average Bonchev–Trinajstić information content (AvgIpc) is 3.03. The minimum absolute atomic E-state index is 0.318. The molecule has 2 heterocycles. The number of thiophene rings is 1. The van der Waals surface area contributed by atoms with Crippen molar-refractivity contribution in [3.05, 3.63) is 21.9 Å². The summed E-state index contributed by atoms with van der Waals surface area (Å²) >= 11 is 1.99. The first-order valence-electron chi connectivity index (χ1n) is 7.64. The van der Waals surface area contributed by atoms with Crippen molar-refractivity contribution in [2.24, 2.45) is 5.41 Å². The number of hydrogen-bond donors (Lipinski definition) is 1. The Labute approximate surface area is 120 Å². The summed E-state index contributed by atoms with van der Waals surface area (Å²) in [6.45, 7) is 6.55. The Hall–Kier alpha value is -0.380. The van der Waals surface area contributed by atoms with Gasteiger partial charge in [0.2, 0.25) is 0 Å². The van der Waals surface area contributed by atoms with Gasteiger partial charge in [-0.2, -0.15) is 0 Å². The Bertz CT molecular complexity index is 426. The molecule has 2 unspecified atom stereocenters. The Kier molecular flexibility index (Phi) is 3.97. The lowest BCUT2D eigenvalue weighted by molar-refractivity contribution is 0.0632. The third-order valence-corrected chi connectivity index (χ3v) is 5.97. The van der Waals surface area contributed by atoms with Gasteiger partial charge >= 0.3 is 0 Å². The zero-order chi connectivity index (χ0) is 13.3. The predicted octanol–water partition coefficient (Wildman–Crippen LogP) is 3.40. The fourth-order valence-electron chi connectivity index (χ4n) is 3.04. The van der Waals surface area contributed by atoms with E-state index in [0.717, 1.165) is 25.6 Å². The summed E-state index contributed by atoms with van der Waals surface area (Å²) in [4.78, 5) is 3.04. The lowest BCUT2D eigenvalue weighted by Crippen LogP contribution is -2.41. The van der Waals surface area contributed by atoms with Gasteiger partial charge in [-0.1, -0.05) is 6.92 Å². The van der Waals surface area contributed by atoms with Crippen LogP contribution >= 0.6 is 11.3 Å². The van der Waals surface area contributed by atoms with E-state index in [0.29, 0.717) is 11.5 Å². The van der Waals surface area contributed by atoms with Crippen LogP contribution < -0.4 is 5.32 Å². The zero-order valence-electron chi connectivity index (χ0n) is 12.1. The largest absolute Gasteiger partial charge is 0.378 e. The molecule has 0 amide bonds. The van der Waals surface area contributed by atoms with E-state index in [1.54, 1.807) is 0 Å². The van der Waals surface area contributed by atoms with Crippen LogP contribution in [0.3, 0.4) is 0 Å². The highest BCUT2D eigenvalue weighted by Gasteiger charge is 2.42. The summed E-state index contributed by atoms with van der Waals surface area (Å²) in [5.41, 5.74) is 0.318. The van der Waals surface area contributed by atoms with E-state index < -0.39 is 0 Å². The van der Waals surface area contributed by atoms with Crippen LogP contribution in [-0.2, 0) is 17.6 Å². The molecule has 1 N–H and O–H groups in total. The van der Waals surface area contributed by atoms with Gasteiger partial charge in [-0.25, -0.2) is 0 Å². The van der Waals surface area contributed by atoms with Gasteiger partial charge in [0.15, 0.2) is 0 Å². The molecule has 1 aliphatic heterocycles. The van der Waals surface area contributed by atoms with Gasteiger partial charge in [0, 0.05) is 34.4 Å². The molecule has 19 heavy (non-hydrogen) atoms. The van der Waals surface area contributed by atoms with Gasteiger partial charge in [0.05, 0.1) is 6.10 Å². The topological polar surface area (TPSA) is 21.3 Å². The molecule has 2 nitrogen and oxygen atoms in total. The van der Waals surface area contributed by atoms with Crippen molar-refractivity contribution in [3.8, 4) is 0 Å². The van der Waals surface area contributed by atoms with Crippen LogP contribution in [-0.4, -0.2) is 25.3 Å². The first-order chi connectivity index (χ1) is 9.22. The second kappa shape index (κ2) is 5.55. The molecule has 1 aromatic rings. The van der Waals surface area contributed by atoms with E-state index in [1.807, 2.05) is 11.3 Å². The van der Waals surface area contributed by atoms with Crippen LogP contribution in [0, 0.1) is 5.41 Å². The molecule has 1 aromatic heterocycles. The minimum Gasteiger partial charge on any atom is -0.378 e. The third-order valence-electron chi connectivity index (χ3n) is 4.74. The van der Waals surface area contributed by atoms with Crippen molar-refractivity contribution in [2.75, 3.05) is 13.2 Å². The van der Waals surface area contributed by atoms with Gasteiger partial charge in [-0.15, -0.1) is 11.3 Å². The lowest BCUT2D eigenvalue weighted by Gasteiger charge is -2.32. The molecule has 3 rings (SSSR count). The summed E-state index contributed by atoms with van der Waals surface area (Å²) in [6, 6.07) is 5.41. The molecule has 1 aliphatic carbocycles. The Morgan fingerprint density at radius 1 is 1.37 bits per heavy atom. The number of aryl methyl sites for hydroxylation is 1. The Morgan fingerprint density at radius 2 is 2.16 bits per heavy atom. The first-order valence-corrected chi connectivity index (χ1v) is 8.46. The van der Waals surface area contributed by atoms with Crippen LogP contribution in [0.1, 0.15) is 42.9 Å². The third kappa shape index (κ3) is 3.04. The minimum atomic E-state index is 0.318. The van der Waals surface area contributed by atoms with Crippen LogP contribution in [0.15, 0.2) is 12.1 Å². The van der Waals surface area contributed by atoms with Crippen molar-refractivity contribution in [2.45, 2.75) is 58.1 Å². The molecule has 0 spiro atoms. The summed E-state index contributed by atoms with van der Waals surface area (Å²) in [6.07, 6.45) is 6.65. The molecule has 3 heteroatoms. The van der Waals surface area contributed by atoms with Gasteiger partial charge in [0.1, 0.15) is 0 Å². The van der Waals surface area contributed by atoms with E-state index in [1.165, 1.54) is 35.4 Å². The molecule has 0 radical (unpaired) electrons. The van der Waals surface area contributed by atoms with Crippen molar-refractivity contribution < 1.29 is 4.74 Å². The lowest BCUT2D eigenvalue weighted by atomic mass is 9.78. The van der Waals surface area contributed by atoms with Crippen LogP contribution in [0.5, 0.6) is 0 Å². The number of hydrogen-bond acceptors (Lipinski definition) is 3. The number of nitrogens with one attached hydrogen (secondary N) is 1. The summed E-state index contributed by atoms with van der Waals surface area (Å²) < 4.78 is 5.89. The Morgan fingerprint density at radius 3 is 2.74 bits per heavy atom. The maximum atomic E-state index is 5.89. The van der Waals surface area contributed by atoms with Gasteiger partial charge in [-0.05, 0) is 51.2 Å². The highest BCUT2D eigenvalue weighted by atomic mass is 32.1. The molecule has 1 saturated heterocycles.